The van der Waals surface area contributed by atoms with E-state index >= 15 is 0 Å². The van der Waals surface area contributed by atoms with E-state index in [1.807, 2.05) is 30.3 Å². The van der Waals surface area contributed by atoms with Crippen molar-refractivity contribution in [1.82, 2.24) is 9.88 Å². The highest BCUT2D eigenvalue weighted by Gasteiger charge is 2.09. The Morgan fingerprint density at radius 3 is 2.37 bits per heavy atom. The molecule has 0 saturated heterocycles. The van der Waals surface area contributed by atoms with Crippen molar-refractivity contribution in [2.75, 3.05) is 19.6 Å². The van der Waals surface area contributed by atoms with Crippen molar-refractivity contribution < 1.29 is 4.74 Å². The summed E-state index contributed by atoms with van der Waals surface area (Å²) in [5, 5.41) is 3.12. The van der Waals surface area contributed by atoms with Gasteiger partial charge in [-0.3, -0.25) is 4.90 Å². The van der Waals surface area contributed by atoms with Crippen molar-refractivity contribution in [1.29, 1.82) is 0 Å². The van der Waals surface area contributed by atoms with E-state index in [0.717, 1.165) is 42.5 Å². The van der Waals surface area contributed by atoms with Gasteiger partial charge in [0.1, 0.15) is 17.4 Å². The number of thiazole rings is 1. The molecule has 0 saturated carbocycles. The number of rotatable bonds is 10. The highest BCUT2D eigenvalue weighted by Crippen LogP contribution is 2.16. The Kier molecular flexibility index (Phi) is 9.28. The van der Waals surface area contributed by atoms with E-state index in [9.17, 15) is 0 Å². The maximum atomic E-state index is 5.79. The fraction of sp³-hybridized carbons (Fsp3) is 0.286. The fourth-order valence-electron chi connectivity index (χ4n) is 2.76. The lowest BCUT2D eigenvalue weighted by Gasteiger charge is -2.20. The molecule has 3 rings (SSSR count). The molecule has 0 bridgehead atoms. The largest absolute Gasteiger partial charge is 0.486 e. The monoisotopic (exact) mass is 403 g/mol. The first-order valence-electron chi connectivity index (χ1n) is 8.91. The van der Waals surface area contributed by atoms with E-state index in [2.05, 4.69) is 40.6 Å². The predicted molar refractivity (Wildman–Crippen MR) is 115 cm³/mol. The van der Waals surface area contributed by atoms with E-state index in [4.69, 9.17) is 15.5 Å². The van der Waals surface area contributed by atoms with E-state index < -0.39 is 0 Å². The van der Waals surface area contributed by atoms with Crippen LogP contribution in [0.15, 0.2) is 66.0 Å². The van der Waals surface area contributed by atoms with Crippen LogP contribution in [0.4, 0.5) is 0 Å². The van der Waals surface area contributed by atoms with Crippen LogP contribution in [-0.4, -0.2) is 29.5 Å². The molecule has 6 heteroatoms. The Labute approximate surface area is 171 Å². The van der Waals surface area contributed by atoms with Gasteiger partial charge in [0.2, 0.25) is 0 Å². The molecular formula is C21H26ClN3OS. The third-order valence-corrected chi connectivity index (χ3v) is 4.97. The maximum absolute atomic E-state index is 5.79. The summed E-state index contributed by atoms with van der Waals surface area (Å²) in [7, 11) is 0. The van der Waals surface area contributed by atoms with Gasteiger partial charge in [0.15, 0.2) is 0 Å². The van der Waals surface area contributed by atoms with Crippen molar-refractivity contribution in [3.8, 4) is 5.75 Å². The summed E-state index contributed by atoms with van der Waals surface area (Å²) >= 11 is 1.65. The second kappa shape index (κ2) is 11.7. The van der Waals surface area contributed by atoms with Crippen LogP contribution in [0.5, 0.6) is 5.75 Å². The molecule has 0 amide bonds. The van der Waals surface area contributed by atoms with Crippen LogP contribution >= 0.6 is 23.7 Å². The molecule has 0 radical (unpaired) electrons. The number of ether oxygens (including phenoxy) is 1. The molecule has 0 unspecified atom stereocenters. The summed E-state index contributed by atoms with van der Waals surface area (Å²) in [5.74, 6) is 0.872. The molecule has 144 valence electrons. The van der Waals surface area contributed by atoms with Gasteiger partial charge >= 0.3 is 0 Å². The number of nitrogens with zero attached hydrogens (tertiary/aromatic N) is 2. The lowest BCUT2D eigenvalue weighted by Crippen LogP contribution is -2.31. The molecule has 0 aliphatic carbocycles. The zero-order valence-corrected chi connectivity index (χ0v) is 16.9. The van der Waals surface area contributed by atoms with E-state index in [1.54, 1.807) is 11.3 Å². The minimum Gasteiger partial charge on any atom is -0.486 e. The van der Waals surface area contributed by atoms with Crippen LogP contribution in [0.1, 0.15) is 16.3 Å². The van der Waals surface area contributed by atoms with Crippen LogP contribution in [0, 0.1) is 0 Å². The van der Waals surface area contributed by atoms with Crippen molar-refractivity contribution >= 4 is 23.7 Å². The normalized spacial score (nSPS) is 10.6. The van der Waals surface area contributed by atoms with Gasteiger partial charge in [-0.05, 0) is 24.1 Å². The van der Waals surface area contributed by atoms with Crippen LogP contribution < -0.4 is 10.5 Å². The van der Waals surface area contributed by atoms with Gasteiger partial charge in [-0.2, -0.15) is 0 Å². The Balaban J connectivity index is 0.00000261. The summed E-state index contributed by atoms with van der Waals surface area (Å²) in [5.41, 5.74) is 8.23. The average molecular weight is 404 g/mol. The van der Waals surface area contributed by atoms with Crippen LogP contribution in [-0.2, 0) is 19.6 Å². The first-order valence-corrected chi connectivity index (χ1v) is 9.79. The summed E-state index contributed by atoms with van der Waals surface area (Å²) in [6.45, 7) is 3.85. The molecule has 1 heterocycles. The lowest BCUT2D eigenvalue weighted by molar-refractivity contribution is 0.272. The third-order valence-electron chi connectivity index (χ3n) is 4.10. The molecule has 0 atom stereocenters. The van der Waals surface area contributed by atoms with Gasteiger partial charge in [-0.15, -0.1) is 23.7 Å². The zero-order chi connectivity index (χ0) is 18.0. The summed E-state index contributed by atoms with van der Waals surface area (Å²) in [6.07, 6.45) is 1.02. The van der Waals surface area contributed by atoms with Crippen molar-refractivity contribution in [2.45, 2.75) is 19.6 Å². The summed E-state index contributed by atoms with van der Waals surface area (Å²) in [6, 6.07) is 20.4. The first kappa shape index (κ1) is 21.4. The molecule has 2 N–H and O–H groups in total. The number of halogens is 1. The fourth-order valence-corrected chi connectivity index (χ4v) is 3.46. The van der Waals surface area contributed by atoms with Gasteiger partial charge in [-0.1, -0.05) is 48.5 Å². The minimum atomic E-state index is 0. The van der Waals surface area contributed by atoms with Crippen molar-refractivity contribution in [3.63, 3.8) is 0 Å². The molecule has 0 fully saturated rings. The van der Waals surface area contributed by atoms with Gasteiger partial charge in [-0.25, -0.2) is 4.98 Å². The topological polar surface area (TPSA) is 51.4 Å². The summed E-state index contributed by atoms with van der Waals surface area (Å²) < 4.78 is 5.78. The van der Waals surface area contributed by atoms with Gasteiger partial charge in [0.05, 0.1) is 5.69 Å². The highest BCUT2D eigenvalue weighted by atomic mass is 35.5. The Morgan fingerprint density at radius 1 is 0.963 bits per heavy atom. The second-order valence-corrected chi connectivity index (χ2v) is 7.08. The molecule has 0 aliphatic rings. The minimum absolute atomic E-state index is 0. The van der Waals surface area contributed by atoms with Gasteiger partial charge in [0, 0.05) is 31.6 Å². The average Bonchev–Trinajstić information content (AvgIpc) is 3.14. The first-order chi connectivity index (χ1) is 12.8. The number of hydrogen-bond donors (Lipinski definition) is 1. The highest BCUT2D eigenvalue weighted by molar-refractivity contribution is 7.09. The Morgan fingerprint density at radius 2 is 1.67 bits per heavy atom. The van der Waals surface area contributed by atoms with E-state index in [0.29, 0.717) is 13.2 Å². The molecule has 0 aliphatic heterocycles. The molecule has 0 spiro atoms. The second-order valence-electron chi connectivity index (χ2n) is 6.13. The molecule has 2 aromatic carbocycles. The van der Waals surface area contributed by atoms with Crippen LogP contribution in [0.25, 0.3) is 0 Å². The van der Waals surface area contributed by atoms with Gasteiger partial charge < -0.3 is 10.5 Å². The standard InChI is InChI=1S/C21H25N3OS.ClH/c22-12-14-24(13-11-18-7-3-1-4-8-18)15-19-17-26-21(23-19)16-25-20-9-5-2-6-10-20;/h1-10,17H,11-16,22H2;1H. The Hall–Kier alpha value is -1.92. The molecule has 3 aromatic rings. The van der Waals surface area contributed by atoms with Crippen molar-refractivity contribution in [2.24, 2.45) is 5.73 Å². The number of para-hydroxylation sites is 1. The van der Waals surface area contributed by atoms with Gasteiger partial charge in [0.25, 0.3) is 0 Å². The van der Waals surface area contributed by atoms with E-state index in [-0.39, 0.29) is 12.4 Å². The maximum Gasteiger partial charge on any atom is 0.140 e. The molecule has 4 nitrogen and oxygen atoms in total. The number of nitrogens with two attached hydrogens (primary N) is 1. The lowest BCUT2D eigenvalue weighted by atomic mass is 10.1. The van der Waals surface area contributed by atoms with Crippen LogP contribution in [0.3, 0.4) is 0 Å². The number of hydrogen-bond acceptors (Lipinski definition) is 5. The smallest absolute Gasteiger partial charge is 0.140 e. The van der Waals surface area contributed by atoms with E-state index in [1.165, 1.54) is 5.56 Å². The predicted octanol–water partition coefficient (Wildman–Crippen LogP) is 4.15. The SMILES string of the molecule is Cl.NCCN(CCc1ccccc1)Cc1csc(COc2ccccc2)n1. The molecule has 27 heavy (non-hydrogen) atoms. The number of benzene rings is 2. The number of aromatic nitrogens is 1. The zero-order valence-electron chi connectivity index (χ0n) is 15.3. The quantitative estimate of drug-likeness (QED) is 0.552. The van der Waals surface area contributed by atoms with Crippen LogP contribution in [0.2, 0.25) is 0 Å². The van der Waals surface area contributed by atoms with Crippen molar-refractivity contribution in [3.05, 3.63) is 82.3 Å². The molecule has 1 aromatic heterocycles. The summed E-state index contributed by atoms with van der Waals surface area (Å²) in [4.78, 5) is 7.08. The third kappa shape index (κ3) is 7.31. The Bertz CT molecular complexity index is 767. The molecular weight excluding hydrogens is 378 g/mol.